The van der Waals surface area contributed by atoms with Crippen molar-refractivity contribution >= 4 is 12.0 Å². The summed E-state index contributed by atoms with van der Waals surface area (Å²) in [6, 6.07) is 0. The SMILES string of the molecule is CCC/C=C/c1occ(C)c1C(=O)OC(C)C. The van der Waals surface area contributed by atoms with Crippen molar-refractivity contribution in [1.82, 2.24) is 0 Å². The Labute approximate surface area is 102 Å². The minimum atomic E-state index is -0.317. The number of hydrogen-bond acceptors (Lipinski definition) is 3. The summed E-state index contributed by atoms with van der Waals surface area (Å²) in [5, 5.41) is 0. The van der Waals surface area contributed by atoms with Crippen LogP contribution in [0.4, 0.5) is 0 Å². The molecule has 17 heavy (non-hydrogen) atoms. The van der Waals surface area contributed by atoms with Crippen molar-refractivity contribution in [3.63, 3.8) is 0 Å². The molecule has 0 unspecified atom stereocenters. The lowest BCUT2D eigenvalue weighted by molar-refractivity contribution is 0.0376. The molecule has 1 heterocycles. The van der Waals surface area contributed by atoms with Crippen LogP contribution in [0, 0.1) is 6.92 Å². The molecule has 0 N–H and O–H groups in total. The summed E-state index contributed by atoms with van der Waals surface area (Å²) >= 11 is 0. The number of ether oxygens (including phenoxy) is 1. The summed E-state index contributed by atoms with van der Waals surface area (Å²) in [5.74, 6) is 0.268. The van der Waals surface area contributed by atoms with Gasteiger partial charge in [-0.05, 0) is 33.3 Å². The van der Waals surface area contributed by atoms with Gasteiger partial charge in [-0.1, -0.05) is 19.4 Å². The summed E-state index contributed by atoms with van der Waals surface area (Å²) < 4.78 is 10.5. The summed E-state index contributed by atoms with van der Waals surface area (Å²) in [6.07, 6.45) is 7.35. The van der Waals surface area contributed by atoms with Crippen molar-refractivity contribution in [2.75, 3.05) is 0 Å². The average molecular weight is 236 g/mol. The molecule has 3 nitrogen and oxygen atoms in total. The number of hydrogen-bond donors (Lipinski definition) is 0. The molecule has 94 valence electrons. The zero-order chi connectivity index (χ0) is 12.8. The summed E-state index contributed by atoms with van der Waals surface area (Å²) in [7, 11) is 0. The number of esters is 1. The number of furan rings is 1. The second-order valence-electron chi connectivity index (χ2n) is 4.30. The van der Waals surface area contributed by atoms with Crippen molar-refractivity contribution in [1.29, 1.82) is 0 Å². The molecule has 0 bridgehead atoms. The third-order valence-corrected chi connectivity index (χ3v) is 2.27. The van der Waals surface area contributed by atoms with Crippen LogP contribution in [0.1, 0.15) is 55.3 Å². The lowest BCUT2D eigenvalue weighted by Gasteiger charge is -2.07. The van der Waals surface area contributed by atoms with E-state index in [0.29, 0.717) is 11.3 Å². The molecule has 0 aliphatic carbocycles. The Morgan fingerprint density at radius 2 is 2.24 bits per heavy atom. The normalized spacial score (nSPS) is 11.4. The van der Waals surface area contributed by atoms with Crippen LogP contribution >= 0.6 is 0 Å². The predicted molar refractivity (Wildman–Crippen MR) is 67.9 cm³/mol. The van der Waals surface area contributed by atoms with Crippen molar-refractivity contribution < 1.29 is 13.9 Å². The highest BCUT2D eigenvalue weighted by Gasteiger charge is 2.19. The Morgan fingerprint density at radius 1 is 1.53 bits per heavy atom. The van der Waals surface area contributed by atoms with E-state index in [0.717, 1.165) is 18.4 Å². The van der Waals surface area contributed by atoms with E-state index in [1.54, 1.807) is 6.26 Å². The van der Waals surface area contributed by atoms with Crippen LogP contribution < -0.4 is 0 Å². The predicted octanol–water partition coefficient (Wildman–Crippen LogP) is 3.97. The first-order valence-electron chi connectivity index (χ1n) is 6.01. The lowest BCUT2D eigenvalue weighted by atomic mass is 10.1. The van der Waals surface area contributed by atoms with Crippen molar-refractivity contribution in [2.24, 2.45) is 0 Å². The highest BCUT2D eigenvalue weighted by molar-refractivity contribution is 5.94. The van der Waals surface area contributed by atoms with Crippen LogP contribution in [-0.2, 0) is 4.74 Å². The topological polar surface area (TPSA) is 39.4 Å². The number of allylic oxidation sites excluding steroid dienone is 1. The fourth-order valence-electron chi connectivity index (χ4n) is 1.48. The molecular formula is C14H20O3. The van der Waals surface area contributed by atoms with Crippen LogP contribution in [0.25, 0.3) is 6.08 Å². The van der Waals surface area contributed by atoms with E-state index in [2.05, 4.69) is 6.92 Å². The van der Waals surface area contributed by atoms with Crippen LogP contribution in [0.5, 0.6) is 0 Å². The molecule has 0 atom stereocenters. The van der Waals surface area contributed by atoms with Gasteiger partial charge in [-0.2, -0.15) is 0 Å². The second-order valence-corrected chi connectivity index (χ2v) is 4.30. The van der Waals surface area contributed by atoms with Gasteiger partial charge in [0.2, 0.25) is 0 Å². The maximum absolute atomic E-state index is 11.9. The number of unbranched alkanes of at least 4 members (excludes halogenated alkanes) is 1. The molecule has 0 aliphatic heterocycles. The number of aryl methyl sites for hydroxylation is 1. The monoisotopic (exact) mass is 236 g/mol. The van der Waals surface area contributed by atoms with E-state index >= 15 is 0 Å². The number of rotatable bonds is 5. The van der Waals surface area contributed by atoms with Crippen LogP contribution in [0.2, 0.25) is 0 Å². The van der Waals surface area contributed by atoms with Gasteiger partial charge in [-0.3, -0.25) is 0 Å². The Morgan fingerprint density at radius 3 is 2.82 bits per heavy atom. The molecule has 0 saturated carbocycles. The maximum Gasteiger partial charge on any atom is 0.342 e. The van der Waals surface area contributed by atoms with Crippen LogP contribution in [-0.4, -0.2) is 12.1 Å². The Balaban J connectivity index is 2.90. The first-order chi connectivity index (χ1) is 8.06. The van der Waals surface area contributed by atoms with Crippen molar-refractivity contribution in [3.8, 4) is 0 Å². The highest BCUT2D eigenvalue weighted by atomic mass is 16.5. The first-order valence-corrected chi connectivity index (χ1v) is 6.01. The lowest BCUT2D eigenvalue weighted by Crippen LogP contribution is -2.12. The fourth-order valence-corrected chi connectivity index (χ4v) is 1.48. The molecule has 0 spiro atoms. The molecule has 0 fully saturated rings. The first kappa shape index (κ1) is 13.6. The van der Waals surface area contributed by atoms with Crippen LogP contribution in [0.3, 0.4) is 0 Å². The summed E-state index contributed by atoms with van der Waals surface area (Å²) in [5.41, 5.74) is 1.35. The third-order valence-electron chi connectivity index (χ3n) is 2.27. The third kappa shape index (κ3) is 3.77. The van der Waals surface area contributed by atoms with E-state index in [9.17, 15) is 4.79 Å². The minimum Gasteiger partial charge on any atom is -0.464 e. The van der Waals surface area contributed by atoms with E-state index in [1.807, 2.05) is 32.9 Å². The van der Waals surface area contributed by atoms with Gasteiger partial charge in [0.05, 0.1) is 12.4 Å². The smallest absolute Gasteiger partial charge is 0.342 e. The van der Waals surface area contributed by atoms with E-state index < -0.39 is 0 Å². The Bertz CT molecular complexity index is 400. The van der Waals surface area contributed by atoms with Crippen molar-refractivity contribution in [2.45, 2.75) is 46.6 Å². The van der Waals surface area contributed by atoms with Gasteiger partial charge in [0.15, 0.2) is 0 Å². The largest absolute Gasteiger partial charge is 0.464 e. The molecule has 1 rings (SSSR count). The summed E-state index contributed by atoms with van der Waals surface area (Å²) in [4.78, 5) is 11.9. The van der Waals surface area contributed by atoms with Gasteiger partial charge in [-0.25, -0.2) is 4.79 Å². The second kappa shape index (κ2) is 6.28. The minimum absolute atomic E-state index is 0.121. The molecule has 0 radical (unpaired) electrons. The highest BCUT2D eigenvalue weighted by Crippen LogP contribution is 2.20. The molecule has 0 aromatic carbocycles. The van der Waals surface area contributed by atoms with E-state index in [-0.39, 0.29) is 12.1 Å². The standard InChI is InChI=1S/C14H20O3/c1-5-6-7-8-12-13(11(4)9-16-12)14(15)17-10(2)3/h7-10H,5-6H2,1-4H3/b8-7+. The van der Waals surface area contributed by atoms with Gasteiger partial charge in [0.1, 0.15) is 11.3 Å². The van der Waals surface area contributed by atoms with Gasteiger partial charge in [-0.15, -0.1) is 0 Å². The molecule has 0 amide bonds. The molecule has 0 saturated heterocycles. The summed E-state index contributed by atoms with van der Waals surface area (Å²) in [6.45, 7) is 7.61. The quantitative estimate of drug-likeness (QED) is 0.726. The zero-order valence-electron chi connectivity index (χ0n) is 10.9. The van der Waals surface area contributed by atoms with E-state index in [4.69, 9.17) is 9.15 Å². The van der Waals surface area contributed by atoms with E-state index in [1.165, 1.54) is 0 Å². The fraction of sp³-hybridized carbons (Fsp3) is 0.500. The molecular weight excluding hydrogens is 216 g/mol. The number of carbonyl (C=O) groups is 1. The van der Waals surface area contributed by atoms with Gasteiger partial charge in [0.25, 0.3) is 0 Å². The molecule has 0 aliphatic rings. The van der Waals surface area contributed by atoms with Crippen molar-refractivity contribution in [3.05, 3.63) is 29.2 Å². The molecule has 1 aromatic rings. The van der Waals surface area contributed by atoms with Crippen LogP contribution in [0.15, 0.2) is 16.8 Å². The zero-order valence-corrected chi connectivity index (χ0v) is 10.9. The van der Waals surface area contributed by atoms with Gasteiger partial charge < -0.3 is 9.15 Å². The molecule has 1 aromatic heterocycles. The Kier molecular flexibility index (Phi) is 5.01. The van der Waals surface area contributed by atoms with Gasteiger partial charge in [0, 0.05) is 5.56 Å². The number of carbonyl (C=O) groups excluding carboxylic acids is 1. The average Bonchev–Trinajstić information content (AvgIpc) is 2.59. The Hall–Kier alpha value is -1.51. The molecule has 3 heteroatoms. The van der Waals surface area contributed by atoms with Gasteiger partial charge >= 0.3 is 5.97 Å². The maximum atomic E-state index is 11.9.